The molecule has 4 nitrogen and oxygen atoms in total. The van der Waals surface area contributed by atoms with Gasteiger partial charge in [-0.2, -0.15) is 4.31 Å². The molecule has 0 saturated heterocycles. The Morgan fingerprint density at radius 2 is 2.05 bits per heavy atom. The number of thiophene rings is 1. The molecule has 0 atom stereocenters. The molecule has 0 saturated carbocycles. The van der Waals surface area contributed by atoms with Crippen LogP contribution >= 0.6 is 11.3 Å². The third-order valence-corrected chi connectivity index (χ3v) is 5.82. The molecule has 7 heteroatoms. The van der Waals surface area contributed by atoms with Crippen molar-refractivity contribution in [1.29, 1.82) is 0 Å². The van der Waals surface area contributed by atoms with Gasteiger partial charge in [0.15, 0.2) is 0 Å². The van der Waals surface area contributed by atoms with Crippen molar-refractivity contribution in [1.82, 2.24) is 4.31 Å². The van der Waals surface area contributed by atoms with E-state index in [0.29, 0.717) is 0 Å². The SMILES string of the molecule is Cc1ccsc1CN(C)S(=O)(=O)c1ccc(F)c(N)c1. The van der Waals surface area contributed by atoms with Crippen molar-refractivity contribution in [3.8, 4) is 0 Å². The van der Waals surface area contributed by atoms with Crippen LogP contribution in [0.15, 0.2) is 34.5 Å². The molecule has 1 aromatic heterocycles. The van der Waals surface area contributed by atoms with Crippen molar-refractivity contribution in [3.63, 3.8) is 0 Å². The zero-order chi connectivity index (χ0) is 14.9. The average molecular weight is 314 g/mol. The van der Waals surface area contributed by atoms with Crippen molar-refractivity contribution in [2.24, 2.45) is 0 Å². The van der Waals surface area contributed by atoms with Crippen LogP contribution in [0.25, 0.3) is 0 Å². The van der Waals surface area contributed by atoms with Gasteiger partial charge in [-0.15, -0.1) is 11.3 Å². The van der Waals surface area contributed by atoms with Crippen molar-refractivity contribution in [2.45, 2.75) is 18.4 Å². The van der Waals surface area contributed by atoms with Gasteiger partial charge in [-0.25, -0.2) is 12.8 Å². The van der Waals surface area contributed by atoms with Crippen LogP contribution in [0.5, 0.6) is 0 Å². The molecule has 0 amide bonds. The largest absolute Gasteiger partial charge is 0.396 e. The molecule has 0 spiro atoms. The van der Waals surface area contributed by atoms with E-state index in [1.54, 1.807) is 0 Å². The lowest BCUT2D eigenvalue weighted by atomic mass is 10.3. The molecule has 20 heavy (non-hydrogen) atoms. The van der Waals surface area contributed by atoms with E-state index in [9.17, 15) is 12.8 Å². The second-order valence-electron chi connectivity index (χ2n) is 4.47. The second-order valence-corrected chi connectivity index (χ2v) is 7.52. The lowest BCUT2D eigenvalue weighted by Crippen LogP contribution is -2.26. The third kappa shape index (κ3) is 2.84. The van der Waals surface area contributed by atoms with Crippen LogP contribution in [0, 0.1) is 12.7 Å². The van der Waals surface area contributed by atoms with Crippen molar-refractivity contribution in [2.75, 3.05) is 12.8 Å². The number of anilines is 1. The van der Waals surface area contributed by atoms with Crippen LogP contribution in [-0.2, 0) is 16.6 Å². The maximum absolute atomic E-state index is 13.1. The molecular formula is C13H15FN2O2S2. The molecule has 0 radical (unpaired) electrons. The first-order valence-electron chi connectivity index (χ1n) is 5.86. The fourth-order valence-electron chi connectivity index (χ4n) is 1.72. The standard InChI is InChI=1S/C13H15FN2O2S2/c1-9-5-6-19-13(9)8-16(2)20(17,18)10-3-4-11(14)12(15)7-10/h3-7H,8,15H2,1-2H3. The van der Waals surface area contributed by atoms with Crippen LogP contribution in [-0.4, -0.2) is 19.8 Å². The summed E-state index contributed by atoms with van der Waals surface area (Å²) in [6, 6.07) is 5.37. The molecule has 0 aliphatic heterocycles. The monoisotopic (exact) mass is 314 g/mol. The van der Waals surface area contributed by atoms with Gasteiger partial charge in [0, 0.05) is 18.5 Å². The zero-order valence-corrected chi connectivity index (χ0v) is 12.8. The maximum Gasteiger partial charge on any atom is 0.243 e. The topological polar surface area (TPSA) is 63.4 Å². The smallest absolute Gasteiger partial charge is 0.243 e. The summed E-state index contributed by atoms with van der Waals surface area (Å²) in [5.41, 5.74) is 6.30. The van der Waals surface area contributed by atoms with E-state index in [4.69, 9.17) is 5.73 Å². The highest BCUT2D eigenvalue weighted by molar-refractivity contribution is 7.89. The lowest BCUT2D eigenvalue weighted by molar-refractivity contribution is 0.469. The first-order valence-corrected chi connectivity index (χ1v) is 8.18. The molecular weight excluding hydrogens is 299 g/mol. The van der Waals surface area contributed by atoms with E-state index in [0.717, 1.165) is 22.6 Å². The van der Waals surface area contributed by atoms with Gasteiger partial charge in [0.25, 0.3) is 0 Å². The summed E-state index contributed by atoms with van der Waals surface area (Å²) < 4.78 is 39.1. The van der Waals surface area contributed by atoms with Crippen LogP contribution < -0.4 is 5.73 Å². The van der Waals surface area contributed by atoms with Gasteiger partial charge in [0.2, 0.25) is 10.0 Å². The van der Waals surface area contributed by atoms with Crippen molar-refractivity contribution in [3.05, 3.63) is 45.9 Å². The maximum atomic E-state index is 13.1. The van der Waals surface area contributed by atoms with Gasteiger partial charge in [-0.05, 0) is 42.1 Å². The Kier molecular flexibility index (Phi) is 4.12. The fourth-order valence-corrected chi connectivity index (χ4v) is 3.93. The van der Waals surface area contributed by atoms with Crippen LogP contribution in [0.2, 0.25) is 0 Å². The molecule has 2 aromatic rings. The molecule has 2 N–H and O–H groups in total. The predicted molar refractivity (Wildman–Crippen MR) is 78.5 cm³/mol. The molecule has 0 aliphatic rings. The third-order valence-electron chi connectivity index (χ3n) is 3.01. The summed E-state index contributed by atoms with van der Waals surface area (Å²) in [5.74, 6) is -0.624. The molecule has 1 aromatic carbocycles. The van der Waals surface area contributed by atoms with Crippen LogP contribution in [0.1, 0.15) is 10.4 Å². The van der Waals surface area contributed by atoms with Gasteiger partial charge in [0.1, 0.15) is 5.82 Å². The lowest BCUT2D eigenvalue weighted by Gasteiger charge is -2.17. The van der Waals surface area contributed by atoms with E-state index in [1.807, 2.05) is 18.4 Å². The number of nitrogens with two attached hydrogens (primary N) is 1. The Morgan fingerprint density at radius 3 is 2.60 bits per heavy atom. The summed E-state index contributed by atoms with van der Waals surface area (Å²) in [4.78, 5) is 0.972. The minimum absolute atomic E-state index is 0.00638. The first-order chi connectivity index (χ1) is 9.32. The Hall–Kier alpha value is -1.44. The van der Waals surface area contributed by atoms with Gasteiger partial charge < -0.3 is 5.73 Å². The average Bonchev–Trinajstić information content (AvgIpc) is 2.78. The number of halogens is 1. The first kappa shape index (κ1) is 15.0. The Bertz CT molecular complexity index is 726. The van der Waals surface area contributed by atoms with E-state index in [1.165, 1.54) is 28.8 Å². The molecule has 0 unspecified atom stereocenters. The quantitative estimate of drug-likeness (QED) is 0.882. The fraction of sp³-hybridized carbons (Fsp3) is 0.231. The van der Waals surface area contributed by atoms with Gasteiger partial charge >= 0.3 is 0 Å². The number of nitrogens with zero attached hydrogens (tertiary/aromatic N) is 1. The number of benzene rings is 1. The van der Waals surface area contributed by atoms with Gasteiger partial charge in [-0.3, -0.25) is 0 Å². The zero-order valence-electron chi connectivity index (χ0n) is 11.1. The van der Waals surface area contributed by atoms with Crippen LogP contribution in [0.3, 0.4) is 0 Å². The van der Waals surface area contributed by atoms with Gasteiger partial charge in [-0.1, -0.05) is 0 Å². The second kappa shape index (κ2) is 5.51. The molecule has 2 rings (SSSR count). The summed E-state index contributed by atoms with van der Waals surface area (Å²) in [6.07, 6.45) is 0. The minimum Gasteiger partial charge on any atom is -0.396 e. The summed E-state index contributed by atoms with van der Waals surface area (Å²) in [7, 11) is -2.18. The Labute approximate surface area is 121 Å². The number of sulfonamides is 1. The summed E-state index contributed by atoms with van der Waals surface area (Å²) in [5, 5.41) is 1.92. The highest BCUT2D eigenvalue weighted by Gasteiger charge is 2.22. The summed E-state index contributed by atoms with van der Waals surface area (Å²) >= 11 is 1.50. The van der Waals surface area contributed by atoms with Crippen LogP contribution in [0.4, 0.5) is 10.1 Å². The highest BCUT2D eigenvalue weighted by atomic mass is 32.2. The van der Waals surface area contributed by atoms with Crippen molar-refractivity contribution >= 4 is 27.0 Å². The number of rotatable bonds is 4. The summed E-state index contributed by atoms with van der Waals surface area (Å²) in [6.45, 7) is 2.21. The molecule has 0 fully saturated rings. The Balaban J connectivity index is 2.29. The molecule has 0 aliphatic carbocycles. The van der Waals surface area contributed by atoms with E-state index in [2.05, 4.69) is 0 Å². The van der Waals surface area contributed by atoms with Gasteiger partial charge in [0.05, 0.1) is 10.6 Å². The number of aryl methyl sites for hydroxylation is 1. The van der Waals surface area contributed by atoms with E-state index in [-0.39, 0.29) is 17.1 Å². The number of hydrogen-bond donors (Lipinski definition) is 1. The molecule has 108 valence electrons. The van der Waals surface area contributed by atoms with E-state index < -0.39 is 15.8 Å². The van der Waals surface area contributed by atoms with Crippen molar-refractivity contribution < 1.29 is 12.8 Å². The predicted octanol–water partition coefficient (Wildman–Crippen LogP) is 2.60. The minimum atomic E-state index is -3.68. The normalized spacial score (nSPS) is 12.0. The highest BCUT2D eigenvalue weighted by Crippen LogP contribution is 2.23. The molecule has 1 heterocycles. The Morgan fingerprint density at radius 1 is 1.35 bits per heavy atom. The number of hydrogen-bond acceptors (Lipinski definition) is 4. The molecule has 0 bridgehead atoms. The number of nitrogen functional groups attached to an aromatic ring is 1. The van der Waals surface area contributed by atoms with E-state index >= 15 is 0 Å².